The van der Waals surface area contributed by atoms with Crippen molar-refractivity contribution in [3.63, 3.8) is 0 Å². The number of alkyl halides is 3. The van der Waals surface area contributed by atoms with E-state index >= 15 is 0 Å². The average Bonchev–Trinajstić information content (AvgIpc) is 2.42. The Bertz CT molecular complexity index is 588. The first-order valence-corrected chi connectivity index (χ1v) is 8.42. The van der Waals surface area contributed by atoms with Crippen LogP contribution in [0.5, 0.6) is 0 Å². The molecule has 0 aromatic heterocycles. The Kier molecular flexibility index (Phi) is 7.13. The van der Waals surface area contributed by atoms with Crippen LogP contribution in [0.25, 0.3) is 0 Å². The van der Waals surface area contributed by atoms with Crippen molar-refractivity contribution in [2.75, 3.05) is 11.1 Å². The molecule has 0 atom stereocenters. The Morgan fingerprint density at radius 1 is 1.25 bits per heavy atom. The molecule has 0 radical (unpaired) electrons. The van der Waals surface area contributed by atoms with Crippen LogP contribution in [0, 0.1) is 5.41 Å². The first-order valence-electron chi connectivity index (χ1n) is 7.26. The van der Waals surface area contributed by atoms with Crippen molar-refractivity contribution < 1.29 is 27.9 Å². The number of thioether (sulfide) groups is 1. The van der Waals surface area contributed by atoms with E-state index in [1.165, 1.54) is 11.8 Å². The summed E-state index contributed by atoms with van der Waals surface area (Å²) in [6.45, 7) is 1.98. The number of nitrogens with one attached hydrogen (secondary N) is 1. The average molecular weight is 363 g/mol. The van der Waals surface area contributed by atoms with E-state index in [2.05, 4.69) is 5.32 Å². The van der Waals surface area contributed by atoms with E-state index in [0.29, 0.717) is 17.2 Å². The van der Waals surface area contributed by atoms with Crippen molar-refractivity contribution in [3.8, 4) is 0 Å². The molecule has 4 nitrogen and oxygen atoms in total. The van der Waals surface area contributed by atoms with Gasteiger partial charge in [-0.3, -0.25) is 9.59 Å². The second-order valence-electron chi connectivity index (χ2n) is 6.00. The zero-order valence-electron chi connectivity index (χ0n) is 13.4. The van der Waals surface area contributed by atoms with E-state index in [1.54, 1.807) is 18.2 Å². The van der Waals surface area contributed by atoms with Crippen LogP contribution in [-0.4, -0.2) is 28.9 Å². The maximum absolute atomic E-state index is 12.8. The molecule has 0 bridgehead atoms. The second-order valence-corrected chi connectivity index (χ2v) is 7.11. The monoisotopic (exact) mass is 363 g/mol. The maximum atomic E-state index is 12.8. The molecular formula is C16H20F3NO3S. The first kappa shape index (κ1) is 20.3. The number of amides is 1. The van der Waals surface area contributed by atoms with Gasteiger partial charge in [0.15, 0.2) is 0 Å². The molecule has 24 heavy (non-hydrogen) atoms. The van der Waals surface area contributed by atoms with E-state index in [4.69, 9.17) is 5.11 Å². The number of halogens is 3. The predicted molar refractivity (Wildman–Crippen MR) is 87.9 cm³/mol. The maximum Gasteiger partial charge on any atom is 0.394 e. The number of benzene rings is 1. The van der Waals surface area contributed by atoms with Crippen LogP contribution < -0.4 is 5.32 Å². The van der Waals surface area contributed by atoms with Gasteiger partial charge in [-0.1, -0.05) is 26.0 Å². The topological polar surface area (TPSA) is 66.4 Å². The van der Waals surface area contributed by atoms with E-state index in [0.717, 1.165) is 19.4 Å². The molecule has 0 fully saturated rings. The molecular weight excluding hydrogens is 343 g/mol. The van der Waals surface area contributed by atoms with Gasteiger partial charge in [-0.25, -0.2) is 0 Å². The number of carboxylic acid groups (broad SMARTS) is 1. The lowest BCUT2D eigenvalue weighted by Crippen LogP contribution is -2.35. The largest absolute Gasteiger partial charge is 0.481 e. The van der Waals surface area contributed by atoms with Crippen LogP contribution in [0.15, 0.2) is 24.3 Å². The minimum absolute atomic E-state index is 0.0631. The van der Waals surface area contributed by atoms with Crippen LogP contribution >= 0.6 is 11.8 Å². The molecule has 0 heterocycles. The van der Waals surface area contributed by atoms with Crippen molar-refractivity contribution in [1.82, 2.24) is 0 Å². The van der Waals surface area contributed by atoms with Crippen LogP contribution in [0.4, 0.5) is 18.9 Å². The van der Waals surface area contributed by atoms with Gasteiger partial charge in [0.05, 0.1) is 11.8 Å². The van der Waals surface area contributed by atoms with Crippen molar-refractivity contribution in [1.29, 1.82) is 0 Å². The summed E-state index contributed by atoms with van der Waals surface area (Å²) in [5, 5.41) is 11.0. The minimum Gasteiger partial charge on any atom is -0.481 e. The van der Waals surface area contributed by atoms with Gasteiger partial charge in [-0.15, -0.1) is 0 Å². The normalized spacial score (nSPS) is 12.0. The molecule has 1 amide bonds. The molecule has 1 aromatic carbocycles. The molecule has 0 aliphatic rings. The molecule has 0 saturated carbocycles. The van der Waals surface area contributed by atoms with Gasteiger partial charge in [0.25, 0.3) is 0 Å². The summed E-state index contributed by atoms with van der Waals surface area (Å²) in [5.41, 5.74) is -0.811. The van der Waals surface area contributed by atoms with Crippen molar-refractivity contribution in [3.05, 3.63) is 29.8 Å². The molecule has 0 saturated heterocycles. The zero-order valence-corrected chi connectivity index (χ0v) is 14.3. The number of carbonyl (C=O) groups is 2. The second kappa shape index (κ2) is 8.41. The van der Waals surface area contributed by atoms with Crippen molar-refractivity contribution in [2.24, 2.45) is 5.41 Å². The molecule has 0 spiro atoms. The lowest BCUT2D eigenvalue weighted by molar-refractivity contribution is -0.213. The molecule has 8 heteroatoms. The van der Waals surface area contributed by atoms with E-state index in [-0.39, 0.29) is 6.42 Å². The molecule has 1 rings (SSSR count). The van der Waals surface area contributed by atoms with Crippen LogP contribution in [-0.2, 0) is 15.3 Å². The lowest BCUT2D eigenvalue weighted by Gasteiger charge is -2.26. The highest BCUT2D eigenvalue weighted by Crippen LogP contribution is 2.40. The Labute approximate surface area is 142 Å². The fraction of sp³-hybridized carbons (Fsp3) is 0.500. The van der Waals surface area contributed by atoms with E-state index in [1.807, 2.05) is 6.07 Å². The third-order valence-corrected chi connectivity index (χ3v) is 4.34. The van der Waals surface area contributed by atoms with Crippen molar-refractivity contribution >= 4 is 29.3 Å². The van der Waals surface area contributed by atoms with Crippen LogP contribution in [0.3, 0.4) is 0 Å². The summed E-state index contributed by atoms with van der Waals surface area (Å²) in [4.78, 5) is 22.3. The third kappa shape index (κ3) is 6.82. The minimum atomic E-state index is -4.45. The first-order chi connectivity index (χ1) is 11.0. The summed E-state index contributed by atoms with van der Waals surface area (Å²) in [6, 6.07) is 6.77. The lowest BCUT2D eigenvalue weighted by atomic mass is 9.88. The van der Waals surface area contributed by atoms with Gasteiger partial charge in [-0.05, 0) is 17.7 Å². The van der Waals surface area contributed by atoms with Gasteiger partial charge in [-0.2, -0.15) is 24.9 Å². The summed E-state index contributed by atoms with van der Waals surface area (Å²) >= 11 is 1.43. The molecule has 0 aliphatic heterocycles. The predicted octanol–water partition coefficient (Wildman–Crippen LogP) is 4.31. The quantitative estimate of drug-likeness (QED) is 0.676. The van der Waals surface area contributed by atoms with Gasteiger partial charge in [0, 0.05) is 23.6 Å². The number of hydrogen-bond donors (Lipinski definition) is 2. The standard InChI is InChI=1S/C16H20F3NO3S/c1-15(2,16(17,18)19)9-13(21)20-12-5-3-4-11(8-12)10-24-7-6-14(22)23/h3-5,8H,6-7,9-10H2,1-2H3,(H,20,21)(H,22,23). The van der Waals surface area contributed by atoms with E-state index in [9.17, 15) is 22.8 Å². The highest BCUT2D eigenvalue weighted by Gasteiger charge is 2.48. The zero-order chi connectivity index (χ0) is 18.4. The van der Waals surface area contributed by atoms with Gasteiger partial charge >= 0.3 is 12.1 Å². The summed E-state index contributed by atoms with van der Waals surface area (Å²) < 4.78 is 38.4. The Balaban J connectivity index is 2.58. The highest BCUT2D eigenvalue weighted by atomic mass is 32.2. The third-order valence-electron chi connectivity index (χ3n) is 3.31. The van der Waals surface area contributed by atoms with Crippen LogP contribution in [0.1, 0.15) is 32.3 Å². The number of carbonyl (C=O) groups excluding carboxylic acids is 1. The fourth-order valence-electron chi connectivity index (χ4n) is 1.80. The fourth-order valence-corrected chi connectivity index (χ4v) is 2.67. The van der Waals surface area contributed by atoms with Gasteiger partial charge in [0.2, 0.25) is 5.91 Å². The SMILES string of the molecule is CC(C)(CC(=O)Nc1cccc(CSCCC(=O)O)c1)C(F)(F)F. The number of hydrogen-bond acceptors (Lipinski definition) is 3. The summed E-state index contributed by atoms with van der Waals surface area (Å²) in [6.07, 6.45) is -5.05. The highest BCUT2D eigenvalue weighted by molar-refractivity contribution is 7.98. The Morgan fingerprint density at radius 3 is 2.50 bits per heavy atom. The molecule has 0 aliphatic carbocycles. The molecule has 134 valence electrons. The molecule has 1 aromatic rings. The number of aliphatic carboxylic acids is 1. The number of rotatable bonds is 8. The number of anilines is 1. The summed E-state index contributed by atoms with van der Waals surface area (Å²) in [7, 11) is 0. The molecule has 0 unspecified atom stereocenters. The number of carboxylic acids is 1. The Hall–Kier alpha value is -1.70. The van der Waals surface area contributed by atoms with Gasteiger partial charge < -0.3 is 10.4 Å². The Morgan fingerprint density at radius 2 is 1.92 bits per heavy atom. The molecule has 2 N–H and O–H groups in total. The smallest absolute Gasteiger partial charge is 0.394 e. The van der Waals surface area contributed by atoms with E-state index < -0.39 is 29.9 Å². The van der Waals surface area contributed by atoms with Crippen LogP contribution in [0.2, 0.25) is 0 Å². The van der Waals surface area contributed by atoms with Crippen molar-refractivity contribution in [2.45, 2.75) is 38.6 Å². The van der Waals surface area contributed by atoms with Gasteiger partial charge in [0.1, 0.15) is 0 Å². The summed E-state index contributed by atoms with van der Waals surface area (Å²) in [5.74, 6) is -0.541.